The highest BCUT2D eigenvalue weighted by atomic mass is 16.5. The Morgan fingerprint density at radius 3 is 2.57 bits per heavy atom. The molecule has 0 radical (unpaired) electrons. The van der Waals surface area contributed by atoms with Crippen LogP contribution in [-0.2, 0) is 14.3 Å². The van der Waals surface area contributed by atoms with Gasteiger partial charge in [-0.25, -0.2) is 0 Å². The van der Waals surface area contributed by atoms with Crippen molar-refractivity contribution in [1.29, 1.82) is 0 Å². The molecule has 0 saturated carbocycles. The maximum atomic E-state index is 10.7. The summed E-state index contributed by atoms with van der Waals surface area (Å²) in [6.07, 6.45) is -5.75. The zero-order valence-electron chi connectivity index (χ0n) is 8.92. The molecule has 0 aromatic heterocycles. The van der Waals surface area contributed by atoms with Gasteiger partial charge in [-0.3, -0.25) is 0 Å². The summed E-state index contributed by atoms with van der Waals surface area (Å²) in [5.41, 5.74) is 0. The standard InChI is InChI=1S/C8H16O6/c1-13-2-3-14-7(5-10)8(12)6(11)4-9/h5-9,11-12H,2-4H2,1H3/t6-,7+,8-/m1/s1/i5D. The zero-order valence-corrected chi connectivity index (χ0v) is 7.92. The van der Waals surface area contributed by atoms with Crippen LogP contribution in [0.2, 0.25) is 0 Å². The molecule has 0 unspecified atom stereocenters. The van der Waals surface area contributed by atoms with Gasteiger partial charge in [0, 0.05) is 7.11 Å². The van der Waals surface area contributed by atoms with Crippen molar-refractivity contribution in [1.82, 2.24) is 0 Å². The average molecular weight is 209 g/mol. The van der Waals surface area contributed by atoms with Gasteiger partial charge in [-0.05, 0) is 0 Å². The maximum Gasteiger partial charge on any atom is 0.151 e. The molecule has 0 saturated heterocycles. The van der Waals surface area contributed by atoms with Crippen LogP contribution in [0.1, 0.15) is 1.37 Å². The first-order valence-electron chi connectivity index (χ1n) is 4.62. The third kappa shape index (κ3) is 4.64. The molecule has 3 atom stereocenters. The van der Waals surface area contributed by atoms with Gasteiger partial charge in [0.05, 0.1) is 19.8 Å². The summed E-state index contributed by atoms with van der Waals surface area (Å²) in [5.74, 6) is 0. The van der Waals surface area contributed by atoms with Crippen molar-refractivity contribution in [2.24, 2.45) is 0 Å². The van der Waals surface area contributed by atoms with Crippen LogP contribution in [0.25, 0.3) is 0 Å². The highest BCUT2D eigenvalue weighted by Gasteiger charge is 2.25. The van der Waals surface area contributed by atoms with Crippen molar-refractivity contribution >= 4 is 6.26 Å². The van der Waals surface area contributed by atoms with Gasteiger partial charge >= 0.3 is 0 Å². The van der Waals surface area contributed by atoms with Crippen LogP contribution in [0.3, 0.4) is 0 Å². The molecule has 0 fully saturated rings. The smallest absolute Gasteiger partial charge is 0.151 e. The van der Waals surface area contributed by atoms with Gasteiger partial charge in [-0.1, -0.05) is 0 Å². The molecule has 0 amide bonds. The molecule has 6 heteroatoms. The number of hydrogen-bond donors (Lipinski definition) is 3. The molecule has 0 heterocycles. The van der Waals surface area contributed by atoms with Crippen LogP contribution >= 0.6 is 0 Å². The van der Waals surface area contributed by atoms with E-state index < -0.39 is 31.2 Å². The fourth-order valence-electron chi connectivity index (χ4n) is 0.770. The number of ether oxygens (including phenoxy) is 2. The summed E-state index contributed by atoms with van der Waals surface area (Å²) in [6, 6.07) is 0. The molecular weight excluding hydrogens is 192 g/mol. The molecule has 14 heavy (non-hydrogen) atoms. The van der Waals surface area contributed by atoms with Crippen LogP contribution in [0.15, 0.2) is 0 Å². The molecule has 3 N–H and O–H groups in total. The van der Waals surface area contributed by atoms with Crippen LogP contribution in [0.4, 0.5) is 0 Å². The number of aliphatic hydroxyl groups is 3. The summed E-state index contributed by atoms with van der Waals surface area (Å²) < 4.78 is 16.3. The number of rotatable bonds is 8. The van der Waals surface area contributed by atoms with Gasteiger partial charge in [0.2, 0.25) is 0 Å². The maximum absolute atomic E-state index is 10.7. The van der Waals surface area contributed by atoms with Crippen LogP contribution in [-0.4, -0.2) is 66.8 Å². The van der Waals surface area contributed by atoms with Crippen LogP contribution < -0.4 is 0 Å². The predicted molar refractivity (Wildman–Crippen MR) is 46.8 cm³/mol. The summed E-state index contributed by atoms with van der Waals surface area (Å²) in [6.45, 7) is -0.495. The first-order chi connectivity index (χ1) is 7.04. The Morgan fingerprint density at radius 1 is 1.50 bits per heavy atom. The predicted octanol–water partition coefficient (Wildman–Crippen LogP) is -2.07. The molecule has 0 rings (SSSR count). The van der Waals surface area contributed by atoms with E-state index in [1.54, 1.807) is 0 Å². The molecule has 6 nitrogen and oxygen atoms in total. The quantitative estimate of drug-likeness (QED) is 0.314. The topological polar surface area (TPSA) is 96.2 Å². The van der Waals surface area contributed by atoms with Gasteiger partial charge < -0.3 is 29.6 Å². The third-order valence-corrected chi connectivity index (χ3v) is 1.59. The molecule has 0 aliphatic rings. The van der Waals surface area contributed by atoms with E-state index in [0.29, 0.717) is 0 Å². The number of aldehydes is 1. The van der Waals surface area contributed by atoms with Crippen molar-refractivity contribution in [2.45, 2.75) is 18.3 Å². The molecule has 0 bridgehead atoms. The lowest BCUT2D eigenvalue weighted by Gasteiger charge is -2.21. The number of carbonyl (C=O) groups excluding carboxylic acids is 1. The third-order valence-electron chi connectivity index (χ3n) is 1.59. The minimum absolute atomic E-state index is 0.0149. The Kier molecular flexibility index (Phi) is 6.46. The van der Waals surface area contributed by atoms with E-state index in [1.165, 1.54) is 7.11 Å². The second-order valence-corrected chi connectivity index (χ2v) is 2.64. The molecule has 84 valence electrons. The van der Waals surface area contributed by atoms with Crippen molar-refractivity contribution in [3.63, 3.8) is 0 Å². The van der Waals surface area contributed by atoms with E-state index >= 15 is 0 Å². The fourth-order valence-corrected chi connectivity index (χ4v) is 0.770. The van der Waals surface area contributed by atoms with Gasteiger partial charge in [0.15, 0.2) is 6.26 Å². The number of hydrogen-bond acceptors (Lipinski definition) is 6. The zero-order chi connectivity index (χ0) is 11.8. The van der Waals surface area contributed by atoms with E-state index in [1.807, 2.05) is 0 Å². The molecule has 0 aromatic carbocycles. The molecule has 0 aromatic rings. The van der Waals surface area contributed by atoms with E-state index in [0.717, 1.165) is 0 Å². The number of carbonyl (C=O) groups is 1. The van der Waals surface area contributed by atoms with Crippen LogP contribution in [0.5, 0.6) is 0 Å². The summed E-state index contributed by atoms with van der Waals surface area (Å²) in [5, 5.41) is 26.9. The molecule has 0 aliphatic carbocycles. The van der Waals surface area contributed by atoms with Gasteiger partial charge in [-0.2, -0.15) is 0 Å². The minimum Gasteiger partial charge on any atom is -0.394 e. The first-order valence-corrected chi connectivity index (χ1v) is 4.12. The minimum atomic E-state index is -1.61. The normalized spacial score (nSPS) is 18.4. The second kappa shape index (κ2) is 7.84. The first kappa shape index (κ1) is 11.5. The van der Waals surface area contributed by atoms with Crippen molar-refractivity contribution < 1.29 is 31.0 Å². The van der Waals surface area contributed by atoms with Gasteiger partial charge in [0.25, 0.3) is 0 Å². The van der Waals surface area contributed by atoms with Gasteiger partial charge in [-0.15, -0.1) is 0 Å². The second-order valence-electron chi connectivity index (χ2n) is 2.64. The van der Waals surface area contributed by atoms with Gasteiger partial charge in [0.1, 0.15) is 19.7 Å². The number of methoxy groups -OCH3 is 1. The van der Waals surface area contributed by atoms with E-state index in [-0.39, 0.29) is 13.2 Å². The largest absolute Gasteiger partial charge is 0.394 e. The Labute approximate surface area is 83.5 Å². The lowest BCUT2D eigenvalue weighted by molar-refractivity contribution is -0.138. The SMILES string of the molecule is [2H]C(=O)[C@H](OCCOC)[C@H](O)[C@H](O)CO. The Hall–Kier alpha value is -0.530. The molecular formula is C8H16O6. The Balaban J connectivity index is 4.19. The summed E-state index contributed by atoms with van der Waals surface area (Å²) in [7, 11) is 1.43. The average Bonchev–Trinajstić information content (AvgIpc) is 2.22. The lowest BCUT2D eigenvalue weighted by Crippen LogP contribution is -2.42. The lowest BCUT2D eigenvalue weighted by atomic mass is 10.1. The van der Waals surface area contributed by atoms with E-state index in [2.05, 4.69) is 4.74 Å². The van der Waals surface area contributed by atoms with Crippen molar-refractivity contribution in [3.8, 4) is 0 Å². The highest BCUT2D eigenvalue weighted by molar-refractivity contribution is 5.57. The summed E-state index contributed by atoms with van der Waals surface area (Å²) >= 11 is 0. The highest BCUT2D eigenvalue weighted by Crippen LogP contribution is 2.02. The Bertz CT molecular complexity index is 188. The van der Waals surface area contributed by atoms with Crippen molar-refractivity contribution in [2.75, 3.05) is 26.9 Å². The molecule has 0 aliphatic heterocycles. The van der Waals surface area contributed by atoms with E-state index in [4.69, 9.17) is 16.3 Å². The summed E-state index contributed by atoms with van der Waals surface area (Å²) in [4.78, 5) is 10.7. The molecule has 0 spiro atoms. The van der Waals surface area contributed by atoms with Crippen LogP contribution in [0, 0.1) is 0 Å². The Morgan fingerprint density at radius 2 is 2.14 bits per heavy atom. The van der Waals surface area contributed by atoms with Crippen molar-refractivity contribution in [3.05, 3.63) is 0 Å². The fraction of sp³-hybridized carbons (Fsp3) is 0.875. The monoisotopic (exact) mass is 209 g/mol. The van der Waals surface area contributed by atoms with E-state index in [9.17, 15) is 9.90 Å². The number of aliphatic hydroxyl groups excluding tert-OH is 3.